The first-order chi connectivity index (χ1) is 16.0. The molecular formula is C26H28F5N3. The van der Waals surface area contributed by atoms with E-state index in [1.54, 1.807) is 12.1 Å². The molecule has 2 aliphatic heterocycles. The van der Waals surface area contributed by atoms with Crippen LogP contribution in [-0.4, -0.2) is 29.5 Å². The number of benzene rings is 1. The van der Waals surface area contributed by atoms with Crippen LogP contribution in [0.4, 0.5) is 27.6 Å². The summed E-state index contributed by atoms with van der Waals surface area (Å²) in [6, 6.07) is 5.92. The number of nitrogens with zero attached hydrogens (tertiary/aromatic N) is 2. The summed E-state index contributed by atoms with van der Waals surface area (Å²) in [5.74, 6) is 0. The monoisotopic (exact) mass is 477 g/mol. The molecule has 0 aliphatic carbocycles. The summed E-state index contributed by atoms with van der Waals surface area (Å²) in [7, 11) is 0. The lowest BCUT2D eigenvalue weighted by atomic mass is 9.72. The average molecular weight is 478 g/mol. The molecule has 2 aromatic rings. The zero-order valence-electron chi connectivity index (χ0n) is 19.1. The van der Waals surface area contributed by atoms with Crippen molar-refractivity contribution in [1.29, 1.82) is 0 Å². The van der Waals surface area contributed by atoms with Gasteiger partial charge in [-0.3, -0.25) is 4.98 Å². The van der Waals surface area contributed by atoms with Crippen molar-refractivity contribution in [3.8, 4) is 0 Å². The molecule has 0 bridgehead atoms. The molecule has 3 heterocycles. The lowest BCUT2D eigenvalue weighted by Crippen LogP contribution is -2.43. The second-order valence-electron chi connectivity index (χ2n) is 9.25. The molecule has 182 valence electrons. The molecule has 0 saturated carbocycles. The number of alkyl halides is 5. The number of nitrogens with one attached hydrogen (secondary N) is 1. The fraction of sp³-hybridized carbons (Fsp3) is 0.423. The largest absolute Gasteiger partial charge is 0.418 e. The van der Waals surface area contributed by atoms with Crippen molar-refractivity contribution < 1.29 is 22.0 Å². The van der Waals surface area contributed by atoms with E-state index in [9.17, 15) is 22.0 Å². The molecule has 1 fully saturated rings. The van der Waals surface area contributed by atoms with Crippen LogP contribution in [0.1, 0.15) is 60.6 Å². The Bertz CT molecular complexity index is 1100. The molecule has 0 radical (unpaired) electrons. The minimum Gasteiger partial charge on any atom is -0.358 e. The van der Waals surface area contributed by atoms with Crippen LogP contribution >= 0.6 is 0 Å². The van der Waals surface area contributed by atoms with Gasteiger partial charge in [0.05, 0.1) is 11.3 Å². The molecule has 1 aromatic heterocycles. The number of hydrogen-bond acceptors (Lipinski definition) is 3. The summed E-state index contributed by atoms with van der Waals surface area (Å²) in [5, 5.41) is 3.27. The highest BCUT2D eigenvalue weighted by Gasteiger charge is 2.44. The molecule has 0 atom stereocenters. The molecule has 4 rings (SSSR count). The van der Waals surface area contributed by atoms with Gasteiger partial charge in [-0.1, -0.05) is 19.2 Å². The minimum absolute atomic E-state index is 0.0153. The first-order valence-electron chi connectivity index (χ1n) is 11.3. The zero-order valence-corrected chi connectivity index (χ0v) is 19.1. The third-order valence-corrected chi connectivity index (χ3v) is 6.98. The van der Waals surface area contributed by atoms with Gasteiger partial charge in [-0.2, -0.15) is 13.2 Å². The van der Waals surface area contributed by atoms with Crippen LogP contribution in [0.25, 0.3) is 5.57 Å². The summed E-state index contributed by atoms with van der Waals surface area (Å²) in [6.45, 7) is 11.6. The normalized spacial score (nSPS) is 17.8. The Balaban J connectivity index is 1.38. The third kappa shape index (κ3) is 4.60. The molecule has 0 amide bonds. The van der Waals surface area contributed by atoms with Crippen LogP contribution in [-0.2, 0) is 18.0 Å². The Kier molecular flexibility index (Phi) is 6.55. The highest BCUT2D eigenvalue weighted by Crippen LogP contribution is 2.50. The number of allylic oxidation sites excluding steroid dienone is 2. The van der Waals surface area contributed by atoms with Crippen LogP contribution in [0.5, 0.6) is 0 Å². The summed E-state index contributed by atoms with van der Waals surface area (Å²) < 4.78 is 66.7. The zero-order chi connectivity index (χ0) is 24.7. The van der Waals surface area contributed by atoms with Gasteiger partial charge in [0.1, 0.15) is 0 Å². The highest BCUT2D eigenvalue weighted by molar-refractivity contribution is 5.69. The van der Waals surface area contributed by atoms with Crippen molar-refractivity contribution in [3.63, 3.8) is 0 Å². The van der Waals surface area contributed by atoms with Gasteiger partial charge in [-0.05, 0) is 87.1 Å². The van der Waals surface area contributed by atoms with E-state index in [4.69, 9.17) is 0 Å². The van der Waals surface area contributed by atoms with E-state index in [-0.39, 0.29) is 22.2 Å². The van der Waals surface area contributed by atoms with Crippen molar-refractivity contribution in [3.05, 3.63) is 77.3 Å². The maximum atomic E-state index is 13.4. The van der Waals surface area contributed by atoms with Gasteiger partial charge in [0.15, 0.2) is 0 Å². The first kappa shape index (κ1) is 24.4. The van der Waals surface area contributed by atoms with E-state index in [1.807, 2.05) is 0 Å². The van der Waals surface area contributed by atoms with E-state index in [0.717, 1.165) is 49.4 Å². The predicted molar refractivity (Wildman–Crippen MR) is 124 cm³/mol. The second kappa shape index (κ2) is 9.13. The van der Waals surface area contributed by atoms with E-state index in [0.29, 0.717) is 18.4 Å². The average Bonchev–Trinajstić information content (AvgIpc) is 3.04. The van der Waals surface area contributed by atoms with E-state index >= 15 is 0 Å². The van der Waals surface area contributed by atoms with Crippen LogP contribution in [0, 0.1) is 0 Å². The predicted octanol–water partition coefficient (Wildman–Crippen LogP) is 6.98. The van der Waals surface area contributed by atoms with Crippen molar-refractivity contribution in [2.75, 3.05) is 25.0 Å². The highest BCUT2D eigenvalue weighted by atomic mass is 19.4. The van der Waals surface area contributed by atoms with Gasteiger partial charge in [-0.25, -0.2) is 8.78 Å². The van der Waals surface area contributed by atoms with E-state index < -0.39 is 18.2 Å². The van der Waals surface area contributed by atoms with Crippen molar-refractivity contribution in [1.82, 2.24) is 9.88 Å². The number of pyridine rings is 1. The van der Waals surface area contributed by atoms with Crippen molar-refractivity contribution in [2.24, 2.45) is 0 Å². The second-order valence-corrected chi connectivity index (χ2v) is 9.25. The number of hydrogen-bond donors (Lipinski definition) is 1. The molecule has 0 unspecified atom stereocenters. The smallest absolute Gasteiger partial charge is 0.358 e. The number of likely N-dealkylation sites (tertiary alicyclic amines) is 1. The Hall–Kier alpha value is -2.74. The van der Waals surface area contributed by atoms with Gasteiger partial charge in [-0.15, -0.1) is 0 Å². The Morgan fingerprint density at radius 3 is 2.53 bits per heavy atom. The summed E-state index contributed by atoms with van der Waals surface area (Å²) in [5.41, 5.74) is 2.20. The lowest BCUT2D eigenvalue weighted by Gasteiger charge is -2.40. The molecule has 8 heteroatoms. The first-order valence-corrected chi connectivity index (χ1v) is 11.3. The Morgan fingerprint density at radius 1 is 1.21 bits per heavy atom. The van der Waals surface area contributed by atoms with Crippen molar-refractivity contribution in [2.45, 2.75) is 50.6 Å². The number of rotatable bonds is 6. The molecule has 2 aliphatic rings. The lowest BCUT2D eigenvalue weighted by molar-refractivity contribution is -0.138. The number of halogens is 5. The summed E-state index contributed by atoms with van der Waals surface area (Å²) >= 11 is 0. The molecule has 1 saturated heterocycles. The fourth-order valence-corrected chi connectivity index (χ4v) is 5.08. The number of aromatic nitrogens is 1. The maximum Gasteiger partial charge on any atom is 0.418 e. The standard InChI is InChI=1S/C26H28F5N3/c1-16(2)23-21(26(29,30)31)13-18(15-32-23)5-4-10-34-11-8-25(9-12-34)17(3)33-22-7-6-19(24(27)28)14-20(22)25/h6-7,13-15,24,33H,1,3-5,8-12H2,2H3. The molecule has 34 heavy (non-hydrogen) atoms. The Morgan fingerprint density at radius 2 is 1.91 bits per heavy atom. The number of aryl methyl sites for hydroxylation is 1. The number of piperidine rings is 1. The van der Waals surface area contributed by atoms with E-state index in [1.165, 1.54) is 25.3 Å². The van der Waals surface area contributed by atoms with Gasteiger partial charge >= 0.3 is 6.18 Å². The minimum atomic E-state index is -4.48. The number of fused-ring (bicyclic) bond motifs is 2. The van der Waals surface area contributed by atoms with Crippen LogP contribution in [0.2, 0.25) is 0 Å². The van der Waals surface area contributed by atoms with Crippen molar-refractivity contribution >= 4 is 11.3 Å². The van der Waals surface area contributed by atoms with Gasteiger partial charge in [0, 0.05) is 28.6 Å². The maximum absolute atomic E-state index is 13.4. The van der Waals surface area contributed by atoms with E-state index in [2.05, 4.69) is 28.4 Å². The van der Waals surface area contributed by atoms with Gasteiger partial charge < -0.3 is 10.2 Å². The summed E-state index contributed by atoms with van der Waals surface area (Å²) in [6.07, 6.45) is -2.80. The SMILES string of the molecule is C=C(C)c1ncc(CCCN2CCC3(CC2)C(=C)Nc2ccc(C(F)F)cc23)cc1C(F)(F)F. The molecule has 1 aromatic carbocycles. The molecule has 1 N–H and O–H groups in total. The quantitative estimate of drug-likeness (QED) is 0.455. The van der Waals surface area contributed by atoms with Crippen LogP contribution in [0.3, 0.4) is 0 Å². The van der Waals surface area contributed by atoms with Gasteiger partial charge in [0.2, 0.25) is 0 Å². The summed E-state index contributed by atoms with van der Waals surface area (Å²) in [4.78, 5) is 6.28. The van der Waals surface area contributed by atoms with Crippen LogP contribution < -0.4 is 5.32 Å². The Labute approximate surface area is 196 Å². The van der Waals surface area contributed by atoms with Crippen LogP contribution in [0.15, 0.2) is 49.3 Å². The molecular weight excluding hydrogens is 449 g/mol. The fourth-order valence-electron chi connectivity index (χ4n) is 5.08. The van der Waals surface area contributed by atoms with Gasteiger partial charge in [0.25, 0.3) is 6.43 Å². The topological polar surface area (TPSA) is 28.2 Å². The molecule has 1 spiro atoms. The number of anilines is 1. The third-order valence-electron chi connectivity index (χ3n) is 6.98. The molecule has 3 nitrogen and oxygen atoms in total.